The van der Waals surface area contributed by atoms with Gasteiger partial charge < -0.3 is 10.2 Å². The molecule has 2 aromatic heterocycles. The van der Waals surface area contributed by atoms with Crippen LogP contribution in [-0.4, -0.2) is 40.5 Å². The second-order valence-electron chi connectivity index (χ2n) is 7.23. The fraction of sp³-hybridized carbons (Fsp3) is 0.250. The topological polar surface area (TPSA) is 69.2 Å². The van der Waals surface area contributed by atoms with E-state index in [-0.39, 0.29) is 17.9 Å². The standard InChI is InChI=1S/C20H16F4N6/c21-12-2-1-3-13(22)17(12)20-27-14-7-25-16(30-5-4-10(9-30)19(23)24)6-11(14)18-15(28-20)8-26-29-18/h1-3,6-8,10,19H,4-5,9H2,(H,26,29)(H,27,28). The summed E-state index contributed by atoms with van der Waals surface area (Å²) in [6, 6.07) is 5.32. The number of rotatable bonds is 3. The molecule has 30 heavy (non-hydrogen) atoms. The van der Waals surface area contributed by atoms with Crippen molar-refractivity contribution in [3.05, 3.63) is 53.9 Å². The zero-order chi connectivity index (χ0) is 20.8. The number of halogens is 4. The lowest BCUT2D eigenvalue weighted by atomic mass is 10.1. The first-order valence-electron chi connectivity index (χ1n) is 9.38. The number of benzene rings is 1. The van der Waals surface area contributed by atoms with Crippen molar-refractivity contribution < 1.29 is 17.6 Å². The first-order chi connectivity index (χ1) is 14.5. The van der Waals surface area contributed by atoms with Crippen LogP contribution in [0.1, 0.15) is 12.0 Å². The molecular formula is C20H16F4N6. The maximum Gasteiger partial charge on any atom is 0.243 e. The largest absolute Gasteiger partial charge is 0.356 e. The van der Waals surface area contributed by atoms with Crippen LogP contribution in [0.3, 0.4) is 0 Å². The average Bonchev–Trinajstić information content (AvgIpc) is 3.35. The van der Waals surface area contributed by atoms with E-state index in [2.05, 4.69) is 25.5 Å². The van der Waals surface area contributed by atoms with Crippen molar-refractivity contribution in [3.8, 4) is 11.3 Å². The number of alkyl halides is 2. The third-order valence-corrected chi connectivity index (χ3v) is 5.37. The van der Waals surface area contributed by atoms with Crippen LogP contribution in [0.2, 0.25) is 0 Å². The molecule has 2 N–H and O–H groups in total. The highest BCUT2D eigenvalue weighted by Gasteiger charge is 2.31. The van der Waals surface area contributed by atoms with E-state index >= 15 is 0 Å². The van der Waals surface area contributed by atoms with Crippen LogP contribution >= 0.6 is 0 Å². The summed E-state index contributed by atoms with van der Waals surface area (Å²) in [4.78, 5) is 10.5. The van der Waals surface area contributed by atoms with Gasteiger partial charge >= 0.3 is 0 Å². The molecule has 1 aromatic carbocycles. The van der Waals surface area contributed by atoms with E-state index in [0.717, 1.165) is 12.1 Å². The van der Waals surface area contributed by atoms with Crippen molar-refractivity contribution in [2.24, 2.45) is 10.9 Å². The number of nitrogens with zero attached hydrogens (tertiary/aromatic N) is 4. The molecule has 1 unspecified atom stereocenters. The van der Waals surface area contributed by atoms with Crippen LogP contribution in [-0.2, 0) is 0 Å². The van der Waals surface area contributed by atoms with Crippen molar-refractivity contribution in [1.29, 1.82) is 0 Å². The minimum Gasteiger partial charge on any atom is -0.356 e. The van der Waals surface area contributed by atoms with Crippen LogP contribution in [0.4, 0.5) is 34.8 Å². The zero-order valence-electron chi connectivity index (χ0n) is 15.5. The van der Waals surface area contributed by atoms with E-state index < -0.39 is 24.0 Å². The second-order valence-corrected chi connectivity index (χ2v) is 7.23. The van der Waals surface area contributed by atoms with E-state index in [1.807, 2.05) is 0 Å². The van der Waals surface area contributed by atoms with Crippen LogP contribution in [0, 0.1) is 17.6 Å². The van der Waals surface area contributed by atoms with Crippen LogP contribution < -0.4 is 10.2 Å². The molecule has 154 valence electrons. The summed E-state index contributed by atoms with van der Waals surface area (Å²) in [5.41, 5.74) is 1.73. The molecule has 0 saturated carbocycles. The molecule has 10 heteroatoms. The Hall–Kier alpha value is -3.43. The molecule has 0 aliphatic carbocycles. The molecule has 1 saturated heterocycles. The normalized spacial score (nSPS) is 18.0. The van der Waals surface area contributed by atoms with Gasteiger partial charge in [-0.15, -0.1) is 0 Å². The highest BCUT2D eigenvalue weighted by molar-refractivity contribution is 6.13. The van der Waals surface area contributed by atoms with Crippen molar-refractivity contribution in [2.75, 3.05) is 23.3 Å². The van der Waals surface area contributed by atoms with Crippen molar-refractivity contribution in [1.82, 2.24) is 15.2 Å². The molecule has 2 aliphatic heterocycles. The van der Waals surface area contributed by atoms with Gasteiger partial charge in [-0.2, -0.15) is 5.10 Å². The van der Waals surface area contributed by atoms with Gasteiger partial charge in [0.15, 0.2) is 0 Å². The first kappa shape index (κ1) is 18.6. The molecule has 0 radical (unpaired) electrons. The molecule has 3 aromatic rings. The summed E-state index contributed by atoms with van der Waals surface area (Å²) in [6.45, 7) is 0.696. The Morgan fingerprint density at radius 3 is 2.67 bits per heavy atom. The van der Waals surface area contributed by atoms with Crippen LogP contribution in [0.15, 0.2) is 41.7 Å². The zero-order valence-corrected chi connectivity index (χ0v) is 15.5. The predicted octanol–water partition coefficient (Wildman–Crippen LogP) is 4.35. The number of amidine groups is 1. The maximum atomic E-state index is 14.3. The summed E-state index contributed by atoms with van der Waals surface area (Å²) in [7, 11) is 0. The molecule has 0 spiro atoms. The Labute approximate surface area is 168 Å². The Balaban J connectivity index is 1.56. The second kappa shape index (κ2) is 7.12. The summed E-state index contributed by atoms with van der Waals surface area (Å²) in [5.74, 6) is -1.67. The third kappa shape index (κ3) is 3.08. The minimum atomic E-state index is -2.37. The molecule has 1 atom stereocenters. The van der Waals surface area contributed by atoms with Crippen LogP contribution in [0.5, 0.6) is 0 Å². The number of anilines is 2. The number of H-pyrrole nitrogens is 1. The summed E-state index contributed by atoms with van der Waals surface area (Å²) in [5, 5.41) is 9.80. The van der Waals surface area contributed by atoms with E-state index in [4.69, 9.17) is 0 Å². The Morgan fingerprint density at radius 2 is 1.93 bits per heavy atom. The van der Waals surface area contributed by atoms with Gasteiger partial charge in [0.1, 0.15) is 29.0 Å². The predicted molar refractivity (Wildman–Crippen MR) is 104 cm³/mol. The molecule has 2 aliphatic rings. The van der Waals surface area contributed by atoms with Crippen molar-refractivity contribution in [2.45, 2.75) is 12.8 Å². The number of pyridine rings is 1. The number of aromatic nitrogens is 3. The number of hydrogen-bond acceptors (Lipinski definition) is 5. The average molecular weight is 416 g/mol. The molecule has 0 bridgehead atoms. The van der Waals surface area contributed by atoms with Gasteiger partial charge in [0.2, 0.25) is 6.43 Å². The minimum absolute atomic E-state index is 0.0134. The number of aliphatic imine (C=N–C) groups is 1. The highest BCUT2D eigenvalue weighted by Crippen LogP contribution is 2.39. The lowest BCUT2D eigenvalue weighted by Crippen LogP contribution is -2.23. The number of fused-ring (bicyclic) bond motifs is 3. The van der Waals surface area contributed by atoms with Gasteiger partial charge in [0, 0.05) is 24.6 Å². The number of nitrogens with one attached hydrogen (secondary N) is 2. The van der Waals surface area contributed by atoms with Gasteiger partial charge in [-0.3, -0.25) is 5.10 Å². The van der Waals surface area contributed by atoms with Crippen molar-refractivity contribution in [3.63, 3.8) is 0 Å². The van der Waals surface area contributed by atoms with E-state index in [1.165, 1.54) is 18.5 Å². The number of hydrogen-bond donors (Lipinski definition) is 2. The van der Waals surface area contributed by atoms with Gasteiger partial charge in [0.25, 0.3) is 0 Å². The Kier molecular flexibility index (Phi) is 4.41. The lowest BCUT2D eigenvalue weighted by molar-refractivity contribution is 0.0880. The molecule has 4 heterocycles. The van der Waals surface area contributed by atoms with Gasteiger partial charge in [-0.1, -0.05) is 6.07 Å². The molecule has 0 amide bonds. The fourth-order valence-corrected chi connectivity index (χ4v) is 3.81. The Bertz CT molecular complexity index is 1120. The van der Waals surface area contributed by atoms with Gasteiger partial charge in [-0.25, -0.2) is 27.5 Å². The molecule has 1 fully saturated rings. The van der Waals surface area contributed by atoms with Crippen molar-refractivity contribution >= 4 is 23.0 Å². The molecular weight excluding hydrogens is 400 g/mol. The number of aromatic amines is 1. The van der Waals surface area contributed by atoms with E-state index in [9.17, 15) is 17.6 Å². The molecule has 5 rings (SSSR count). The fourth-order valence-electron chi connectivity index (χ4n) is 3.81. The lowest BCUT2D eigenvalue weighted by Gasteiger charge is -2.19. The summed E-state index contributed by atoms with van der Waals surface area (Å²) < 4.78 is 54.8. The molecule has 6 nitrogen and oxygen atoms in total. The maximum absolute atomic E-state index is 14.3. The SMILES string of the molecule is Fc1cccc(F)c1C1=Nc2cn[nH]c2-c2cc(N3CCC(C(F)F)C3)ncc2N1. The highest BCUT2D eigenvalue weighted by atomic mass is 19.3. The van der Waals surface area contributed by atoms with Gasteiger partial charge in [0.05, 0.1) is 29.3 Å². The monoisotopic (exact) mass is 416 g/mol. The quantitative estimate of drug-likeness (QED) is 0.623. The van der Waals surface area contributed by atoms with Crippen LogP contribution in [0.25, 0.3) is 11.3 Å². The van der Waals surface area contributed by atoms with E-state index in [1.54, 1.807) is 11.0 Å². The first-order valence-corrected chi connectivity index (χ1v) is 9.38. The summed E-state index contributed by atoms with van der Waals surface area (Å²) in [6.07, 6.45) is 0.977. The van der Waals surface area contributed by atoms with Gasteiger partial charge in [-0.05, 0) is 24.6 Å². The third-order valence-electron chi connectivity index (χ3n) is 5.37. The smallest absolute Gasteiger partial charge is 0.243 e. The van der Waals surface area contributed by atoms with E-state index in [0.29, 0.717) is 41.4 Å². The summed E-state index contributed by atoms with van der Waals surface area (Å²) >= 11 is 0. The Morgan fingerprint density at radius 1 is 1.13 bits per heavy atom.